The number of anilines is 2. The number of nitrogens with one attached hydrogen (secondary N) is 2. The molecule has 0 aromatic heterocycles. The summed E-state index contributed by atoms with van der Waals surface area (Å²) in [6, 6.07) is 12.0. The van der Waals surface area contributed by atoms with Crippen molar-refractivity contribution in [3.8, 4) is 11.5 Å². The molecule has 2 amide bonds. The van der Waals surface area contributed by atoms with Crippen LogP contribution in [0.3, 0.4) is 0 Å². The Morgan fingerprint density at radius 1 is 0.640 bits per heavy atom. The van der Waals surface area contributed by atoms with Gasteiger partial charge in [0.15, 0.2) is 0 Å². The van der Waals surface area contributed by atoms with Gasteiger partial charge < -0.3 is 25.6 Å². The van der Waals surface area contributed by atoms with E-state index in [9.17, 15) is 19.2 Å². The largest absolute Gasteiger partial charge is 0.474 e. The SMILES string of the molecule is O=C(O)C(=O)Nc1ccc(Oc2ccc(NC(=O)C(=O)O)cc2)cc1. The van der Waals surface area contributed by atoms with E-state index in [2.05, 4.69) is 10.6 Å². The topological polar surface area (TPSA) is 142 Å². The molecule has 0 bridgehead atoms. The number of carbonyl (C=O) groups excluding carboxylic acids is 2. The fourth-order valence-corrected chi connectivity index (χ4v) is 1.72. The molecule has 0 aliphatic heterocycles. The molecule has 25 heavy (non-hydrogen) atoms. The fraction of sp³-hybridized carbons (Fsp3) is 0. The summed E-state index contributed by atoms with van der Waals surface area (Å²) in [5.74, 6) is -4.61. The van der Waals surface area contributed by atoms with Gasteiger partial charge in [-0.1, -0.05) is 0 Å². The van der Waals surface area contributed by atoms with Crippen LogP contribution >= 0.6 is 0 Å². The number of carbonyl (C=O) groups is 4. The molecule has 2 aromatic rings. The third-order valence-electron chi connectivity index (χ3n) is 2.85. The van der Waals surface area contributed by atoms with Gasteiger partial charge in [-0.2, -0.15) is 0 Å². The third-order valence-corrected chi connectivity index (χ3v) is 2.85. The first-order valence-electron chi connectivity index (χ1n) is 6.81. The fourth-order valence-electron chi connectivity index (χ4n) is 1.72. The van der Waals surface area contributed by atoms with E-state index in [4.69, 9.17) is 14.9 Å². The first-order chi connectivity index (χ1) is 11.8. The molecule has 0 spiro atoms. The van der Waals surface area contributed by atoms with Crippen LogP contribution in [0.15, 0.2) is 48.5 Å². The zero-order valence-electron chi connectivity index (χ0n) is 12.6. The van der Waals surface area contributed by atoms with Crippen molar-refractivity contribution in [2.45, 2.75) is 0 Å². The standard InChI is InChI=1S/C16H12N2O7/c19-13(15(21)22)17-9-1-5-11(6-2-9)25-12-7-3-10(4-8-12)18-14(20)16(23)24/h1-8H,(H,17,19)(H,18,20)(H,21,22)(H,23,24). The molecule has 9 heteroatoms. The average Bonchev–Trinajstić information content (AvgIpc) is 2.58. The van der Waals surface area contributed by atoms with Gasteiger partial charge in [-0.05, 0) is 48.5 Å². The second-order valence-corrected chi connectivity index (χ2v) is 4.67. The van der Waals surface area contributed by atoms with Crippen LogP contribution in [0.25, 0.3) is 0 Å². The predicted octanol–water partition coefficient (Wildman–Crippen LogP) is 1.53. The Balaban J connectivity index is 1.98. The minimum absolute atomic E-state index is 0.298. The molecule has 0 radical (unpaired) electrons. The van der Waals surface area contributed by atoms with Crippen LogP contribution in [0.2, 0.25) is 0 Å². The van der Waals surface area contributed by atoms with E-state index in [1.54, 1.807) is 0 Å². The smallest absolute Gasteiger partial charge is 0.394 e. The van der Waals surface area contributed by atoms with E-state index in [0.717, 1.165) is 0 Å². The van der Waals surface area contributed by atoms with Crippen molar-refractivity contribution < 1.29 is 34.1 Å². The summed E-state index contributed by atoms with van der Waals surface area (Å²) in [5, 5.41) is 21.4. The highest BCUT2D eigenvalue weighted by Crippen LogP contribution is 2.24. The second kappa shape index (κ2) is 7.59. The number of amides is 2. The Labute approximate surface area is 140 Å². The number of rotatable bonds is 4. The number of benzene rings is 2. The normalized spacial score (nSPS) is 9.76. The Morgan fingerprint density at radius 3 is 1.24 bits per heavy atom. The molecular weight excluding hydrogens is 332 g/mol. The second-order valence-electron chi connectivity index (χ2n) is 4.67. The molecule has 128 valence electrons. The lowest BCUT2D eigenvalue weighted by molar-refractivity contribution is -0.147. The maximum absolute atomic E-state index is 11.0. The van der Waals surface area contributed by atoms with Crippen LogP contribution in [0.5, 0.6) is 11.5 Å². The maximum Gasteiger partial charge on any atom is 0.394 e. The van der Waals surface area contributed by atoms with Crippen LogP contribution < -0.4 is 15.4 Å². The summed E-state index contributed by atoms with van der Waals surface area (Å²) in [4.78, 5) is 43.0. The lowest BCUT2D eigenvalue weighted by Gasteiger charge is -2.08. The van der Waals surface area contributed by atoms with Gasteiger partial charge >= 0.3 is 23.8 Å². The summed E-state index contributed by atoms with van der Waals surface area (Å²) in [5.41, 5.74) is 0.595. The molecule has 0 heterocycles. The highest BCUT2D eigenvalue weighted by Gasteiger charge is 2.12. The zero-order chi connectivity index (χ0) is 18.4. The zero-order valence-corrected chi connectivity index (χ0v) is 12.6. The molecule has 0 aliphatic rings. The van der Waals surface area contributed by atoms with Crippen LogP contribution in [0, 0.1) is 0 Å². The molecular formula is C16H12N2O7. The Hall–Kier alpha value is -3.88. The summed E-state index contributed by atoms with van der Waals surface area (Å²) in [6.07, 6.45) is 0. The van der Waals surface area contributed by atoms with E-state index in [1.807, 2.05) is 0 Å². The highest BCUT2D eigenvalue weighted by molar-refractivity contribution is 6.36. The molecule has 2 rings (SSSR count). The number of carboxylic acid groups (broad SMARTS) is 2. The van der Waals surface area contributed by atoms with Gasteiger partial charge in [0.1, 0.15) is 11.5 Å². The van der Waals surface area contributed by atoms with Crippen molar-refractivity contribution in [2.75, 3.05) is 10.6 Å². The molecule has 0 unspecified atom stereocenters. The van der Waals surface area contributed by atoms with E-state index < -0.39 is 23.8 Å². The predicted molar refractivity (Wildman–Crippen MR) is 85.5 cm³/mol. The van der Waals surface area contributed by atoms with Gasteiger partial charge in [-0.25, -0.2) is 9.59 Å². The van der Waals surface area contributed by atoms with E-state index in [0.29, 0.717) is 22.9 Å². The summed E-state index contributed by atoms with van der Waals surface area (Å²) in [6.45, 7) is 0. The summed E-state index contributed by atoms with van der Waals surface area (Å²) >= 11 is 0. The van der Waals surface area contributed by atoms with Gasteiger partial charge in [0.25, 0.3) is 0 Å². The van der Waals surface area contributed by atoms with Crippen molar-refractivity contribution in [3.05, 3.63) is 48.5 Å². The van der Waals surface area contributed by atoms with Crippen molar-refractivity contribution in [1.29, 1.82) is 0 Å². The minimum atomic E-state index is -1.59. The first kappa shape index (κ1) is 17.5. The van der Waals surface area contributed by atoms with Crippen molar-refractivity contribution in [1.82, 2.24) is 0 Å². The third kappa shape index (κ3) is 5.06. The first-order valence-corrected chi connectivity index (χ1v) is 6.81. The quantitative estimate of drug-likeness (QED) is 0.616. The van der Waals surface area contributed by atoms with Crippen molar-refractivity contribution in [2.24, 2.45) is 0 Å². The minimum Gasteiger partial charge on any atom is -0.474 e. The number of aliphatic carboxylic acids is 2. The molecule has 4 N–H and O–H groups in total. The van der Waals surface area contributed by atoms with Gasteiger partial charge in [0.2, 0.25) is 0 Å². The summed E-state index contributed by atoms with van der Waals surface area (Å²) in [7, 11) is 0. The Kier molecular flexibility index (Phi) is 5.31. The van der Waals surface area contributed by atoms with E-state index in [-0.39, 0.29) is 0 Å². The van der Waals surface area contributed by atoms with Crippen LogP contribution in [0.1, 0.15) is 0 Å². The molecule has 9 nitrogen and oxygen atoms in total. The van der Waals surface area contributed by atoms with Gasteiger partial charge in [-0.15, -0.1) is 0 Å². The number of hydrogen-bond donors (Lipinski definition) is 4. The maximum atomic E-state index is 11.0. The lowest BCUT2D eigenvalue weighted by atomic mass is 10.2. The summed E-state index contributed by atoms with van der Waals surface area (Å²) < 4.78 is 5.54. The van der Waals surface area contributed by atoms with Gasteiger partial charge in [-0.3, -0.25) is 9.59 Å². The monoisotopic (exact) mass is 344 g/mol. The molecule has 0 fully saturated rings. The molecule has 0 atom stereocenters. The number of hydrogen-bond acceptors (Lipinski definition) is 5. The molecule has 0 aliphatic carbocycles. The number of carboxylic acids is 2. The Bertz CT molecular complexity index is 744. The van der Waals surface area contributed by atoms with Crippen LogP contribution in [-0.4, -0.2) is 34.0 Å². The molecule has 0 saturated heterocycles. The highest BCUT2D eigenvalue weighted by atomic mass is 16.5. The van der Waals surface area contributed by atoms with E-state index >= 15 is 0 Å². The van der Waals surface area contributed by atoms with Gasteiger partial charge in [0, 0.05) is 11.4 Å². The molecule has 0 saturated carbocycles. The van der Waals surface area contributed by atoms with Crippen LogP contribution in [0.4, 0.5) is 11.4 Å². The van der Waals surface area contributed by atoms with E-state index in [1.165, 1.54) is 48.5 Å². The van der Waals surface area contributed by atoms with Crippen LogP contribution in [-0.2, 0) is 19.2 Å². The molecule has 2 aromatic carbocycles. The average molecular weight is 344 g/mol. The van der Waals surface area contributed by atoms with Crippen molar-refractivity contribution in [3.63, 3.8) is 0 Å². The number of ether oxygens (including phenoxy) is 1. The lowest BCUT2D eigenvalue weighted by Crippen LogP contribution is -2.21. The van der Waals surface area contributed by atoms with Crippen molar-refractivity contribution >= 4 is 35.1 Å². The Morgan fingerprint density at radius 2 is 0.960 bits per heavy atom. The van der Waals surface area contributed by atoms with Gasteiger partial charge in [0.05, 0.1) is 0 Å².